The molecule has 0 aromatic heterocycles. The van der Waals surface area contributed by atoms with E-state index in [-0.39, 0.29) is 5.54 Å². The van der Waals surface area contributed by atoms with Crippen molar-refractivity contribution in [3.8, 4) is 0 Å². The lowest BCUT2D eigenvalue weighted by Crippen LogP contribution is -2.41. The van der Waals surface area contributed by atoms with E-state index in [0.29, 0.717) is 6.54 Å². The van der Waals surface area contributed by atoms with Crippen molar-refractivity contribution in [1.82, 2.24) is 5.32 Å². The smallest absolute Gasteiger partial charge is 0.139 e. The molecule has 0 aromatic rings. The van der Waals surface area contributed by atoms with E-state index in [1.165, 1.54) is 0 Å². The number of nitrogens with one attached hydrogen (secondary N) is 1. The van der Waals surface area contributed by atoms with Crippen molar-refractivity contribution in [3.63, 3.8) is 0 Å². The minimum absolute atomic E-state index is 0.384. The number of nitrogens with zero attached hydrogens (tertiary/aromatic N) is 3. The van der Waals surface area contributed by atoms with Gasteiger partial charge in [0.2, 0.25) is 0 Å². The van der Waals surface area contributed by atoms with Gasteiger partial charge in [-0.1, -0.05) is 24.4 Å². The van der Waals surface area contributed by atoms with Crippen LogP contribution in [0.1, 0.15) is 39.0 Å². The molecule has 0 radical (unpaired) electrons. The first kappa shape index (κ1) is 13.9. The van der Waals surface area contributed by atoms with Crippen molar-refractivity contribution >= 4 is 6.29 Å². The second kappa shape index (κ2) is 8.26. The van der Waals surface area contributed by atoms with E-state index >= 15 is 0 Å². The SMILES string of the molecule is CN[C@@](C)(C=O)CCCCCCN=[N+]=[N-]. The third-order valence-corrected chi connectivity index (χ3v) is 2.60. The predicted octanol–water partition coefficient (Wildman–Crippen LogP) is 2.42. The van der Waals surface area contributed by atoms with Gasteiger partial charge in [0, 0.05) is 11.5 Å². The number of hydrogen-bond donors (Lipinski definition) is 1. The molecule has 0 aliphatic heterocycles. The lowest BCUT2D eigenvalue weighted by atomic mass is 9.96. The molecule has 0 rings (SSSR count). The molecule has 0 aliphatic rings. The Morgan fingerprint density at radius 1 is 1.40 bits per heavy atom. The van der Waals surface area contributed by atoms with E-state index < -0.39 is 0 Å². The second-order valence-corrected chi connectivity index (χ2v) is 3.90. The first-order valence-corrected chi connectivity index (χ1v) is 5.34. The second-order valence-electron chi connectivity index (χ2n) is 3.90. The number of carbonyl (C=O) groups is 1. The molecule has 0 unspecified atom stereocenters. The summed E-state index contributed by atoms with van der Waals surface area (Å²) < 4.78 is 0. The lowest BCUT2D eigenvalue weighted by Gasteiger charge is -2.21. The maximum absolute atomic E-state index is 10.7. The summed E-state index contributed by atoms with van der Waals surface area (Å²) in [4.78, 5) is 13.4. The van der Waals surface area contributed by atoms with Crippen molar-refractivity contribution in [3.05, 3.63) is 10.4 Å². The average molecular weight is 212 g/mol. The highest BCUT2D eigenvalue weighted by Gasteiger charge is 2.19. The standard InChI is InChI=1S/C10H20N4O/c1-10(9-15,12-2)7-5-3-4-6-8-13-14-11/h9,12H,3-8H2,1-2H3/t10-/m1/s1. The van der Waals surface area contributed by atoms with Crippen LogP contribution >= 0.6 is 0 Å². The Morgan fingerprint density at radius 3 is 2.60 bits per heavy atom. The van der Waals surface area contributed by atoms with Gasteiger partial charge in [-0.05, 0) is 32.3 Å². The van der Waals surface area contributed by atoms with E-state index in [1.807, 2.05) is 6.92 Å². The van der Waals surface area contributed by atoms with Crippen molar-refractivity contribution in [2.75, 3.05) is 13.6 Å². The molecule has 0 fully saturated rings. The Hall–Kier alpha value is -1.06. The Labute approximate surface area is 90.9 Å². The molecule has 0 bridgehead atoms. The van der Waals surface area contributed by atoms with Gasteiger partial charge >= 0.3 is 0 Å². The number of carbonyl (C=O) groups excluding carboxylic acids is 1. The topological polar surface area (TPSA) is 77.9 Å². The van der Waals surface area contributed by atoms with Crippen LogP contribution < -0.4 is 5.32 Å². The zero-order valence-electron chi connectivity index (χ0n) is 9.57. The summed E-state index contributed by atoms with van der Waals surface area (Å²) in [5.41, 5.74) is 7.67. The molecule has 0 spiro atoms. The zero-order chi connectivity index (χ0) is 11.6. The molecular weight excluding hydrogens is 192 g/mol. The Kier molecular flexibility index (Phi) is 7.68. The summed E-state index contributed by atoms with van der Waals surface area (Å²) in [6, 6.07) is 0. The average Bonchev–Trinajstić information content (AvgIpc) is 2.27. The highest BCUT2D eigenvalue weighted by atomic mass is 16.1. The summed E-state index contributed by atoms with van der Waals surface area (Å²) in [7, 11) is 1.80. The van der Waals surface area contributed by atoms with E-state index in [2.05, 4.69) is 15.3 Å². The van der Waals surface area contributed by atoms with Crippen molar-refractivity contribution in [1.29, 1.82) is 0 Å². The van der Waals surface area contributed by atoms with Crippen LogP contribution in [0.15, 0.2) is 5.11 Å². The summed E-state index contributed by atoms with van der Waals surface area (Å²) in [6.07, 6.45) is 5.90. The Balaban J connectivity index is 3.45. The number of azide groups is 1. The fourth-order valence-electron chi connectivity index (χ4n) is 1.32. The molecule has 1 N–H and O–H groups in total. The van der Waals surface area contributed by atoms with E-state index in [9.17, 15) is 4.79 Å². The van der Waals surface area contributed by atoms with Crippen LogP contribution in [-0.4, -0.2) is 25.4 Å². The first-order valence-electron chi connectivity index (χ1n) is 5.34. The summed E-state index contributed by atoms with van der Waals surface area (Å²) in [5, 5.41) is 6.47. The van der Waals surface area contributed by atoms with Crippen LogP contribution in [-0.2, 0) is 4.79 Å². The monoisotopic (exact) mass is 212 g/mol. The molecule has 86 valence electrons. The third-order valence-electron chi connectivity index (χ3n) is 2.60. The first-order chi connectivity index (χ1) is 7.18. The van der Waals surface area contributed by atoms with Crippen LogP contribution in [0, 0.1) is 0 Å². The molecule has 5 heteroatoms. The summed E-state index contributed by atoms with van der Waals surface area (Å²) >= 11 is 0. The van der Waals surface area contributed by atoms with Crippen LogP contribution in [0.4, 0.5) is 0 Å². The van der Waals surface area contributed by atoms with Crippen LogP contribution in [0.5, 0.6) is 0 Å². The number of unbranched alkanes of at least 4 members (excludes halogenated alkanes) is 3. The minimum Gasteiger partial charge on any atom is -0.308 e. The lowest BCUT2D eigenvalue weighted by molar-refractivity contribution is -0.112. The normalized spacial score (nSPS) is 14.0. The van der Waals surface area contributed by atoms with Gasteiger partial charge < -0.3 is 10.1 Å². The van der Waals surface area contributed by atoms with E-state index in [1.54, 1.807) is 7.05 Å². The summed E-state index contributed by atoms with van der Waals surface area (Å²) in [5.74, 6) is 0. The largest absolute Gasteiger partial charge is 0.308 e. The van der Waals surface area contributed by atoms with Gasteiger partial charge in [0.15, 0.2) is 0 Å². The summed E-state index contributed by atoms with van der Waals surface area (Å²) in [6.45, 7) is 2.48. The zero-order valence-corrected chi connectivity index (χ0v) is 9.57. The van der Waals surface area contributed by atoms with Crippen molar-refractivity contribution in [2.24, 2.45) is 5.11 Å². The van der Waals surface area contributed by atoms with E-state index in [0.717, 1.165) is 38.4 Å². The van der Waals surface area contributed by atoms with Crippen LogP contribution in [0.3, 0.4) is 0 Å². The maximum atomic E-state index is 10.7. The minimum atomic E-state index is -0.384. The van der Waals surface area contributed by atoms with E-state index in [4.69, 9.17) is 5.53 Å². The third kappa shape index (κ3) is 6.94. The number of likely N-dealkylation sites (N-methyl/N-ethyl adjacent to an activating group) is 1. The molecule has 0 amide bonds. The molecule has 15 heavy (non-hydrogen) atoms. The molecule has 1 atom stereocenters. The Bertz CT molecular complexity index is 225. The molecule has 0 heterocycles. The van der Waals surface area contributed by atoms with Crippen LogP contribution in [0.25, 0.3) is 10.4 Å². The fourth-order valence-corrected chi connectivity index (χ4v) is 1.32. The van der Waals surface area contributed by atoms with Gasteiger partial charge in [-0.2, -0.15) is 0 Å². The highest BCUT2D eigenvalue weighted by molar-refractivity contribution is 5.63. The predicted molar refractivity (Wildman–Crippen MR) is 60.6 cm³/mol. The quantitative estimate of drug-likeness (QED) is 0.209. The number of rotatable bonds is 9. The number of hydrogen-bond acceptors (Lipinski definition) is 3. The molecule has 0 saturated carbocycles. The maximum Gasteiger partial charge on any atom is 0.139 e. The van der Waals surface area contributed by atoms with Crippen molar-refractivity contribution in [2.45, 2.75) is 44.6 Å². The van der Waals surface area contributed by atoms with Gasteiger partial charge in [-0.25, -0.2) is 0 Å². The molecule has 0 aromatic carbocycles. The highest BCUT2D eigenvalue weighted by Crippen LogP contribution is 2.12. The van der Waals surface area contributed by atoms with Gasteiger partial charge in [0.25, 0.3) is 0 Å². The number of aldehydes is 1. The molecule has 5 nitrogen and oxygen atoms in total. The molecule has 0 saturated heterocycles. The van der Waals surface area contributed by atoms with Gasteiger partial charge in [-0.3, -0.25) is 0 Å². The van der Waals surface area contributed by atoms with Gasteiger partial charge in [0.1, 0.15) is 6.29 Å². The fraction of sp³-hybridized carbons (Fsp3) is 0.900. The molecule has 0 aliphatic carbocycles. The van der Waals surface area contributed by atoms with Gasteiger partial charge in [-0.15, -0.1) is 0 Å². The molecular formula is C10H20N4O. The van der Waals surface area contributed by atoms with Crippen molar-refractivity contribution < 1.29 is 4.79 Å². The Morgan fingerprint density at radius 2 is 2.07 bits per heavy atom. The van der Waals surface area contributed by atoms with Gasteiger partial charge in [0.05, 0.1) is 5.54 Å². The van der Waals surface area contributed by atoms with Crippen LogP contribution in [0.2, 0.25) is 0 Å².